The first-order chi connectivity index (χ1) is 2.00. The van der Waals surface area contributed by atoms with Gasteiger partial charge in [0.05, 0.1) is 0 Å². The molecule has 0 rings (SSSR count). The molecule has 0 saturated carbocycles. The Bertz CT molecular complexity index is 52.8. The Morgan fingerprint density at radius 1 is 1.00 bits per heavy atom. The van der Waals surface area contributed by atoms with E-state index in [4.69, 9.17) is 19.2 Å². The minimum absolute atomic E-state index is 0. The van der Waals surface area contributed by atoms with Crippen molar-refractivity contribution in [3.05, 3.63) is 0 Å². The van der Waals surface area contributed by atoms with Crippen molar-refractivity contribution in [2.45, 2.75) is 0 Å². The quantitative estimate of drug-likeness (QED) is 0.335. The van der Waals surface area contributed by atoms with Crippen LogP contribution in [0.2, 0.25) is 0 Å². The molecule has 62 valence electrons. The Hall–Kier alpha value is 3.68. The van der Waals surface area contributed by atoms with Gasteiger partial charge in [-0.3, -0.25) is 0 Å². The molecule has 0 heterocycles. The minimum atomic E-state index is -4.61. The zero-order chi connectivity index (χ0) is 4.50. The predicted octanol–water partition coefficient (Wildman–Crippen LogP) is -5.56. The predicted molar refractivity (Wildman–Crippen MR) is 51.9 cm³/mol. The van der Waals surface area contributed by atoms with Crippen molar-refractivity contribution in [1.29, 1.82) is 0 Å². The maximum Gasteiger partial charge on any atom is 2.00 e. The van der Waals surface area contributed by atoms with Crippen LogP contribution in [-0.4, -0.2) is 124 Å². The van der Waals surface area contributed by atoms with Gasteiger partial charge >= 0.3 is 87.4 Å². The molecule has 0 radical (unpaired) electrons. The van der Waals surface area contributed by atoms with Crippen LogP contribution in [0, 0.1) is 0 Å². The summed E-state index contributed by atoms with van der Waals surface area (Å²) in [7, 11) is -4.61. The van der Waals surface area contributed by atoms with Gasteiger partial charge in [-0.2, -0.15) is 0 Å². The fraction of sp³-hybridized carbons (Fsp3) is 0. The van der Waals surface area contributed by atoms with Crippen LogP contribution in [0.1, 0.15) is 5.71 Å². The third-order valence-electron chi connectivity index (χ3n) is 0. The van der Waals surface area contributed by atoms with Gasteiger partial charge < -0.3 is 24.9 Å². The van der Waals surface area contributed by atoms with Gasteiger partial charge in [-0.25, -0.2) is 0 Å². The summed E-state index contributed by atoms with van der Waals surface area (Å²) in [5.41, 5.74) is 0. The van der Waals surface area contributed by atoms with Crippen molar-refractivity contribution in [2.75, 3.05) is 0 Å². The van der Waals surface area contributed by atoms with Crippen molar-refractivity contribution in [1.82, 2.24) is 0 Å². The van der Waals surface area contributed by atoms with Crippen LogP contribution in [0.15, 0.2) is 0 Å². The largest absolute Gasteiger partial charge is 2.00 e. The SMILES string of the molecule is O[Si](O)(O)O.[AlH3].[Ca+2].[Fe].[GeH4].[H-].[H-].[H-].[H-].[Mg+2]. The normalized spacial score (nSPS) is 6.00. The van der Waals surface area contributed by atoms with E-state index in [9.17, 15) is 0 Å². The topological polar surface area (TPSA) is 80.9 Å². The van der Waals surface area contributed by atoms with E-state index in [1.54, 1.807) is 0 Å². The van der Waals surface area contributed by atoms with Crippen LogP contribution in [-0.2, 0) is 17.1 Å². The molecule has 10 heavy (non-hydrogen) atoms. The average Bonchev–Trinajstić information content (AvgIpc) is 0.722. The maximum atomic E-state index is 7.33. The summed E-state index contributed by atoms with van der Waals surface area (Å²) in [4.78, 5) is 29.3. The van der Waals surface area contributed by atoms with Crippen molar-refractivity contribution >= 4 is 105 Å². The van der Waals surface area contributed by atoms with Crippen LogP contribution < -0.4 is 0 Å². The van der Waals surface area contributed by atoms with Gasteiger partial charge in [0.1, 0.15) is 0 Å². The maximum absolute atomic E-state index is 7.33. The molecule has 0 bridgehead atoms. The fourth-order valence-electron chi connectivity index (χ4n) is 0. The Morgan fingerprint density at radius 2 is 1.00 bits per heavy atom. The second-order valence-corrected chi connectivity index (χ2v) is 1.80. The van der Waals surface area contributed by atoms with E-state index in [0.717, 1.165) is 0 Å². The summed E-state index contributed by atoms with van der Waals surface area (Å²) >= 11 is 0. The fourth-order valence-corrected chi connectivity index (χ4v) is 0. The molecule has 0 fully saturated rings. The first-order valence-electron chi connectivity index (χ1n) is 0.894. The molecule has 0 amide bonds. The zero-order valence-electron chi connectivity index (χ0n) is 8.06. The third-order valence-corrected chi connectivity index (χ3v) is 0. The van der Waals surface area contributed by atoms with Gasteiger partial charge in [0.25, 0.3) is 0 Å². The van der Waals surface area contributed by atoms with Crippen LogP contribution in [0.5, 0.6) is 0 Å². The molecule has 0 unspecified atom stereocenters. The smallest absolute Gasteiger partial charge is 1.00 e. The van der Waals surface area contributed by atoms with E-state index in [-0.39, 0.29) is 119 Å². The Kier molecular flexibility index (Phi) is 68.8. The minimum Gasteiger partial charge on any atom is -1.00 e. The molecule has 0 atom stereocenters. The summed E-state index contributed by atoms with van der Waals surface area (Å²) in [5.74, 6) is 0. The van der Waals surface area contributed by atoms with Crippen LogP contribution in [0.25, 0.3) is 0 Å². The van der Waals surface area contributed by atoms with E-state index < -0.39 is 9.05 Å². The molecule has 4 nitrogen and oxygen atoms in total. The van der Waals surface area contributed by atoms with Crippen molar-refractivity contribution in [3.63, 3.8) is 0 Å². The summed E-state index contributed by atoms with van der Waals surface area (Å²) < 4.78 is 0. The molecular formula is H15AlCaFeGeMgO4Si. The van der Waals surface area contributed by atoms with Gasteiger partial charge in [0.2, 0.25) is 0 Å². The molecule has 0 spiro atoms. The van der Waals surface area contributed by atoms with Gasteiger partial charge in [-0.05, 0) is 0 Å². The van der Waals surface area contributed by atoms with Gasteiger partial charge in [-0.15, -0.1) is 0 Å². The van der Waals surface area contributed by atoms with Crippen LogP contribution >= 0.6 is 0 Å². The van der Waals surface area contributed by atoms with E-state index in [1.807, 2.05) is 0 Å². The standard InChI is InChI=1S/Al.Ca.Fe.GeH4.Mg.H4O4Si.7H/c;;;;;1-5(2,3)4;;;;;;;/h;;;1H4;;1-4H;;;;;;;/q;+2;;;+2;;;;;4*-1. The second kappa shape index (κ2) is 18.5. The van der Waals surface area contributed by atoms with Crippen molar-refractivity contribution < 1.29 is 42.0 Å². The van der Waals surface area contributed by atoms with Crippen molar-refractivity contribution in [3.8, 4) is 0 Å². The summed E-state index contributed by atoms with van der Waals surface area (Å²) in [6.45, 7) is 0. The Balaban J connectivity index is -0.00000000222. The molecule has 0 aromatic carbocycles. The number of rotatable bonds is 0. The zero-order valence-corrected chi connectivity index (χ0v) is 9.78. The van der Waals surface area contributed by atoms with E-state index in [2.05, 4.69) is 0 Å². The van der Waals surface area contributed by atoms with E-state index in [0.29, 0.717) is 0 Å². The molecule has 0 aliphatic heterocycles. The summed E-state index contributed by atoms with van der Waals surface area (Å²) in [6, 6.07) is 0. The van der Waals surface area contributed by atoms with E-state index in [1.165, 1.54) is 0 Å². The molecule has 0 aliphatic carbocycles. The second-order valence-electron chi connectivity index (χ2n) is 0.600. The molecule has 4 N–H and O–H groups in total. The Morgan fingerprint density at radius 3 is 1.00 bits per heavy atom. The first-order valence-corrected chi connectivity index (χ1v) is 2.68. The van der Waals surface area contributed by atoms with Gasteiger partial charge in [0.15, 0.2) is 17.4 Å². The molecule has 0 saturated heterocycles. The first kappa shape index (κ1) is 37.3. The average molecular weight is 327 g/mol. The molecule has 0 aromatic rings. The summed E-state index contributed by atoms with van der Waals surface area (Å²) in [5, 5.41) is 0. The monoisotopic (exact) mass is 328 g/mol. The Labute approximate surface area is 144 Å². The molecule has 10 heteroatoms. The number of hydrogen-bond donors (Lipinski definition) is 4. The van der Waals surface area contributed by atoms with E-state index >= 15 is 0 Å². The van der Waals surface area contributed by atoms with Crippen molar-refractivity contribution in [2.24, 2.45) is 0 Å². The molecule has 0 aromatic heterocycles. The van der Waals surface area contributed by atoms with Crippen LogP contribution in [0.3, 0.4) is 0 Å². The molecule has 0 aliphatic rings. The molecular weight excluding hydrogens is 312 g/mol. The van der Waals surface area contributed by atoms with Gasteiger partial charge in [0, 0.05) is 17.1 Å². The van der Waals surface area contributed by atoms with Gasteiger partial charge in [-0.1, -0.05) is 0 Å². The third kappa shape index (κ3) is 98.4. The van der Waals surface area contributed by atoms with Crippen LogP contribution in [0.4, 0.5) is 0 Å². The summed E-state index contributed by atoms with van der Waals surface area (Å²) in [6.07, 6.45) is 0. The number of hydrogen-bond acceptors (Lipinski definition) is 4.